The van der Waals surface area contributed by atoms with Crippen LogP contribution in [0.1, 0.15) is 46.8 Å². The van der Waals surface area contributed by atoms with Gasteiger partial charge in [-0.25, -0.2) is 4.98 Å². The van der Waals surface area contributed by atoms with E-state index in [1.54, 1.807) is 6.20 Å². The van der Waals surface area contributed by atoms with Crippen molar-refractivity contribution in [2.45, 2.75) is 45.2 Å². The topological polar surface area (TPSA) is 75.9 Å². The minimum Gasteiger partial charge on any atom is -0.363 e. The molecule has 2 aliphatic heterocycles. The van der Waals surface area contributed by atoms with Gasteiger partial charge in [0, 0.05) is 31.4 Å². The van der Waals surface area contributed by atoms with E-state index in [2.05, 4.69) is 31.1 Å². The Labute approximate surface area is 169 Å². The predicted octanol–water partition coefficient (Wildman–Crippen LogP) is 3.21. The second-order valence-corrected chi connectivity index (χ2v) is 7.62. The first-order valence-electron chi connectivity index (χ1n) is 10.3. The lowest BCUT2D eigenvalue weighted by Gasteiger charge is -2.17. The second-order valence-electron chi connectivity index (χ2n) is 7.62. The molecule has 3 aromatic rings. The summed E-state index contributed by atoms with van der Waals surface area (Å²) in [6, 6.07) is 11.8. The highest BCUT2D eigenvalue weighted by Crippen LogP contribution is 2.28. The van der Waals surface area contributed by atoms with Gasteiger partial charge in [-0.1, -0.05) is 24.6 Å². The van der Waals surface area contributed by atoms with Crippen LogP contribution in [0.25, 0.3) is 0 Å². The summed E-state index contributed by atoms with van der Waals surface area (Å²) in [5.74, 6) is 2.75. The lowest BCUT2D eigenvalue weighted by atomic mass is 10.2. The summed E-state index contributed by atoms with van der Waals surface area (Å²) in [5, 5.41) is 12.0. The number of pyridine rings is 1. The summed E-state index contributed by atoms with van der Waals surface area (Å²) in [7, 11) is 0. The average Bonchev–Trinajstić information content (AvgIpc) is 3.29. The van der Waals surface area contributed by atoms with Crippen molar-refractivity contribution < 1.29 is 4.79 Å². The van der Waals surface area contributed by atoms with Crippen LogP contribution in [0.2, 0.25) is 0 Å². The molecular formula is C22H24N6O. The summed E-state index contributed by atoms with van der Waals surface area (Å²) in [6.45, 7) is 2.28. The van der Waals surface area contributed by atoms with Crippen LogP contribution >= 0.6 is 0 Å². The Balaban J connectivity index is 1.25. The standard InChI is InChI=1S/C22H24N6O/c29-22(27-13-11-16-6-3-4-7-18(16)27)17-9-10-19(23-14-17)24-15-21-26-25-20-8-2-1-5-12-28(20)21/h3-4,6-7,9-10,14H,1-2,5,8,11-13,15H2,(H,23,24). The van der Waals surface area contributed by atoms with Crippen molar-refractivity contribution in [3.63, 3.8) is 0 Å². The molecule has 1 amide bonds. The van der Waals surface area contributed by atoms with Gasteiger partial charge < -0.3 is 14.8 Å². The first-order chi connectivity index (χ1) is 14.3. The number of nitrogens with zero attached hydrogens (tertiary/aromatic N) is 5. The largest absolute Gasteiger partial charge is 0.363 e. The van der Waals surface area contributed by atoms with E-state index in [9.17, 15) is 4.79 Å². The quantitative estimate of drug-likeness (QED) is 0.743. The van der Waals surface area contributed by atoms with Crippen LogP contribution in [0.4, 0.5) is 11.5 Å². The monoisotopic (exact) mass is 388 g/mol. The van der Waals surface area contributed by atoms with Crippen molar-refractivity contribution >= 4 is 17.4 Å². The van der Waals surface area contributed by atoms with Crippen molar-refractivity contribution in [2.24, 2.45) is 0 Å². The van der Waals surface area contributed by atoms with Gasteiger partial charge in [-0.15, -0.1) is 10.2 Å². The van der Waals surface area contributed by atoms with E-state index in [1.165, 1.54) is 24.8 Å². The molecule has 2 aromatic heterocycles. The number of aryl methyl sites for hydroxylation is 1. The van der Waals surface area contributed by atoms with E-state index in [0.717, 1.165) is 49.1 Å². The number of nitrogens with one attached hydrogen (secondary N) is 1. The average molecular weight is 388 g/mol. The summed E-state index contributed by atoms with van der Waals surface area (Å²) in [5.41, 5.74) is 2.83. The molecule has 7 heteroatoms. The zero-order valence-corrected chi connectivity index (χ0v) is 16.3. The molecule has 0 atom stereocenters. The number of carbonyl (C=O) groups is 1. The first-order valence-corrected chi connectivity index (χ1v) is 10.3. The van der Waals surface area contributed by atoms with E-state index in [4.69, 9.17) is 0 Å². The fraction of sp³-hybridized carbons (Fsp3) is 0.364. The van der Waals surface area contributed by atoms with Gasteiger partial charge >= 0.3 is 0 Å². The number of benzene rings is 1. The van der Waals surface area contributed by atoms with Gasteiger partial charge in [0.05, 0.1) is 12.1 Å². The molecule has 2 aliphatic rings. The van der Waals surface area contributed by atoms with Crippen LogP contribution in [0.3, 0.4) is 0 Å². The molecule has 0 unspecified atom stereocenters. The Morgan fingerprint density at radius 1 is 1.00 bits per heavy atom. The third-order valence-corrected chi connectivity index (χ3v) is 5.76. The van der Waals surface area contributed by atoms with Crippen LogP contribution in [0.5, 0.6) is 0 Å². The van der Waals surface area contributed by atoms with Crippen LogP contribution < -0.4 is 10.2 Å². The van der Waals surface area contributed by atoms with Crippen molar-refractivity contribution in [1.29, 1.82) is 0 Å². The number of anilines is 2. The molecule has 0 saturated heterocycles. The Morgan fingerprint density at radius 2 is 1.93 bits per heavy atom. The van der Waals surface area contributed by atoms with Crippen molar-refractivity contribution in [3.05, 3.63) is 65.4 Å². The number of aromatic nitrogens is 4. The van der Waals surface area contributed by atoms with Crippen molar-refractivity contribution in [3.8, 4) is 0 Å². The molecule has 5 rings (SSSR count). The molecule has 1 N–H and O–H groups in total. The lowest BCUT2D eigenvalue weighted by Crippen LogP contribution is -2.28. The fourth-order valence-electron chi connectivity index (χ4n) is 4.18. The maximum Gasteiger partial charge on any atom is 0.259 e. The number of hydrogen-bond donors (Lipinski definition) is 1. The second kappa shape index (κ2) is 7.66. The predicted molar refractivity (Wildman–Crippen MR) is 111 cm³/mol. The first kappa shape index (κ1) is 17.8. The molecule has 148 valence electrons. The molecule has 0 radical (unpaired) electrons. The number of carbonyl (C=O) groups excluding carboxylic acids is 1. The highest BCUT2D eigenvalue weighted by molar-refractivity contribution is 6.07. The molecule has 0 fully saturated rings. The summed E-state index contributed by atoms with van der Waals surface area (Å²) in [6.07, 6.45) is 7.15. The molecule has 7 nitrogen and oxygen atoms in total. The van der Waals surface area contributed by atoms with Crippen LogP contribution in [-0.4, -0.2) is 32.2 Å². The van der Waals surface area contributed by atoms with Crippen LogP contribution in [-0.2, 0) is 25.9 Å². The van der Waals surface area contributed by atoms with Crippen LogP contribution in [0, 0.1) is 0 Å². The maximum atomic E-state index is 12.9. The number of rotatable bonds is 4. The van der Waals surface area contributed by atoms with Gasteiger partial charge in [0.2, 0.25) is 0 Å². The summed E-state index contributed by atoms with van der Waals surface area (Å²) >= 11 is 0. The van der Waals surface area contributed by atoms with E-state index in [0.29, 0.717) is 12.1 Å². The highest BCUT2D eigenvalue weighted by Gasteiger charge is 2.25. The third kappa shape index (κ3) is 3.48. The minimum atomic E-state index is -0.00298. The molecule has 29 heavy (non-hydrogen) atoms. The summed E-state index contributed by atoms with van der Waals surface area (Å²) in [4.78, 5) is 19.2. The van der Waals surface area contributed by atoms with Crippen LogP contribution in [0.15, 0.2) is 42.6 Å². The van der Waals surface area contributed by atoms with Gasteiger partial charge in [0.25, 0.3) is 5.91 Å². The van der Waals surface area contributed by atoms with Crippen molar-refractivity contribution in [1.82, 2.24) is 19.7 Å². The molecule has 0 aliphatic carbocycles. The Bertz CT molecular complexity index is 1030. The SMILES string of the molecule is O=C(c1ccc(NCc2nnc3n2CCCCC3)nc1)N1CCc2ccccc21. The highest BCUT2D eigenvalue weighted by atomic mass is 16.2. The van der Waals surface area contributed by atoms with Gasteiger partial charge in [-0.3, -0.25) is 4.79 Å². The van der Waals surface area contributed by atoms with Gasteiger partial charge in [0.15, 0.2) is 5.82 Å². The smallest absolute Gasteiger partial charge is 0.259 e. The molecule has 0 bridgehead atoms. The zero-order valence-electron chi connectivity index (χ0n) is 16.3. The number of fused-ring (bicyclic) bond motifs is 2. The van der Waals surface area contributed by atoms with E-state index in [1.807, 2.05) is 35.2 Å². The third-order valence-electron chi connectivity index (χ3n) is 5.76. The van der Waals surface area contributed by atoms with E-state index >= 15 is 0 Å². The maximum absolute atomic E-state index is 12.9. The van der Waals surface area contributed by atoms with Gasteiger partial charge in [0.1, 0.15) is 11.6 Å². The van der Waals surface area contributed by atoms with E-state index < -0.39 is 0 Å². The molecular weight excluding hydrogens is 364 g/mol. The minimum absolute atomic E-state index is 0.00298. The van der Waals surface area contributed by atoms with Gasteiger partial charge in [-0.2, -0.15) is 0 Å². The molecule has 0 spiro atoms. The zero-order chi connectivity index (χ0) is 19.6. The number of amides is 1. The number of para-hydroxylation sites is 1. The molecule has 0 saturated carbocycles. The Morgan fingerprint density at radius 3 is 2.83 bits per heavy atom. The van der Waals surface area contributed by atoms with Gasteiger partial charge in [-0.05, 0) is 43.0 Å². The summed E-state index contributed by atoms with van der Waals surface area (Å²) < 4.78 is 2.22. The lowest BCUT2D eigenvalue weighted by molar-refractivity contribution is 0.0989. The van der Waals surface area contributed by atoms with E-state index in [-0.39, 0.29) is 5.91 Å². The normalized spacial score (nSPS) is 15.5. The number of hydrogen-bond acceptors (Lipinski definition) is 5. The Hall–Kier alpha value is -3.22. The Kier molecular flexibility index (Phi) is 4.71. The van der Waals surface area contributed by atoms with Crippen molar-refractivity contribution in [2.75, 3.05) is 16.8 Å². The fourth-order valence-corrected chi connectivity index (χ4v) is 4.18. The molecule has 4 heterocycles. The molecule has 1 aromatic carbocycles.